The van der Waals surface area contributed by atoms with Crippen molar-refractivity contribution in [3.05, 3.63) is 18.0 Å². The van der Waals surface area contributed by atoms with E-state index in [0.717, 1.165) is 0 Å². The molecule has 2 heterocycles. The fraction of sp³-hybridized carbons (Fsp3) is 0.444. The Labute approximate surface area is 79.7 Å². The minimum atomic E-state index is -3.56. The van der Waals surface area contributed by atoms with E-state index in [1.165, 1.54) is 12.3 Å². The monoisotopic (exact) mass is 201 g/mol. The molecule has 14 heavy (non-hydrogen) atoms. The van der Waals surface area contributed by atoms with Crippen molar-refractivity contribution >= 4 is 0 Å². The molecule has 0 saturated heterocycles. The Morgan fingerprint density at radius 1 is 1.29 bits per heavy atom. The predicted octanol–water partition coefficient (Wildman–Crippen LogP) is 2.53. The van der Waals surface area contributed by atoms with Gasteiger partial charge in [0.2, 0.25) is 0 Å². The van der Waals surface area contributed by atoms with E-state index in [1.54, 1.807) is 0 Å². The number of pyridine rings is 1. The number of aromatic nitrogens is 1. The number of hydrogen-bond donors (Lipinski definition) is 0. The van der Waals surface area contributed by atoms with Crippen molar-refractivity contribution in [2.24, 2.45) is 0 Å². The zero-order chi connectivity index (χ0) is 10.3. The second kappa shape index (κ2) is 2.80. The molecule has 1 aliphatic heterocycles. The number of rotatable bonds is 1. The first-order chi connectivity index (χ1) is 6.48. The quantitative estimate of drug-likeness (QED) is 0.699. The van der Waals surface area contributed by atoms with Crippen molar-refractivity contribution in [2.45, 2.75) is 26.1 Å². The molecular formula is C9H9F2NO2. The van der Waals surface area contributed by atoms with Crippen molar-refractivity contribution in [1.29, 1.82) is 0 Å². The highest BCUT2D eigenvalue weighted by Crippen LogP contribution is 2.41. The average Bonchev–Trinajstić information content (AvgIpc) is 2.36. The highest BCUT2D eigenvalue weighted by atomic mass is 19.3. The topological polar surface area (TPSA) is 31.4 Å². The Hall–Kier alpha value is -1.39. The molecule has 0 fully saturated rings. The van der Waals surface area contributed by atoms with E-state index in [-0.39, 0.29) is 17.4 Å². The molecule has 0 bridgehead atoms. The minimum Gasteiger partial charge on any atom is -0.395 e. The van der Waals surface area contributed by atoms with E-state index in [4.69, 9.17) is 0 Å². The first-order valence-electron chi connectivity index (χ1n) is 4.24. The average molecular weight is 201 g/mol. The smallest absolute Gasteiger partial charge is 0.395 e. The summed E-state index contributed by atoms with van der Waals surface area (Å²) in [4.78, 5) is 3.98. The molecule has 1 aliphatic rings. The minimum absolute atomic E-state index is 0.0144. The normalized spacial score (nSPS) is 17.5. The zero-order valence-corrected chi connectivity index (χ0v) is 7.75. The molecule has 2 rings (SSSR count). The lowest BCUT2D eigenvalue weighted by atomic mass is 10.1. The van der Waals surface area contributed by atoms with Crippen LogP contribution in [-0.4, -0.2) is 11.3 Å². The van der Waals surface area contributed by atoms with Gasteiger partial charge in [0.1, 0.15) is 0 Å². The van der Waals surface area contributed by atoms with Crippen LogP contribution in [0.15, 0.2) is 12.3 Å². The van der Waals surface area contributed by atoms with Gasteiger partial charge in [-0.3, -0.25) is 4.98 Å². The molecule has 0 aliphatic carbocycles. The third kappa shape index (κ3) is 1.49. The maximum absolute atomic E-state index is 12.6. The van der Waals surface area contributed by atoms with Gasteiger partial charge in [0, 0.05) is 11.8 Å². The Kier molecular flexibility index (Phi) is 1.83. The summed E-state index contributed by atoms with van der Waals surface area (Å²) in [5.41, 5.74) is 0.699. The summed E-state index contributed by atoms with van der Waals surface area (Å²) in [6.07, 6.45) is -2.30. The van der Waals surface area contributed by atoms with Crippen molar-refractivity contribution in [2.75, 3.05) is 0 Å². The van der Waals surface area contributed by atoms with Gasteiger partial charge < -0.3 is 9.47 Å². The standard InChI is InChI=1S/C9H9F2NO2/c1-5(2)6-3-7-8(4-12-6)14-9(10,11)13-7/h3-5H,1-2H3. The summed E-state index contributed by atoms with van der Waals surface area (Å²) >= 11 is 0. The predicted molar refractivity (Wildman–Crippen MR) is 44.5 cm³/mol. The van der Waals surface area contributed by atoms with Crippen LogP contribution >= 0.6 is 0 Å². The summed E-state index contributed by atoms with van der Waals surface area (Å²) in [6, 6.07) is 1.47. The fourth-order valence-corrected chi connectivity index (χ4v) is 1.19. The second-order valence-corrected chi connectivity index (χ2v) is 3.38. The van der Waals surface area contributed by atoms with E-state index in [0.29, 0.717) is 5.69 Å². The molecule has 0 aromatic carbocycles. The molecule has 1 aromatic rings. The van der Waals surface area contributed by atoms with Gasteiger partial charge >= 0.3 is 6.29 Å². The SMILES string of the molecule is CC(C)c1cc2c(cn1)OC(F)(F)O2. The van der Waals surface area contributed by atoms with Crippen molar-refractivity contribution < 1.29 is 18.3 Å². The number of alkyl halides is 2. The molecular weight excluding hydrogens is 192 g/mol. The van der Waals surface area contributed by atoms with Crippen LogP contribution in [0.25, 0.3) is 0 Å². The number of ether oxygens (including phenoxy) is 2. The van der Waals surface area contributed by atoms with Gasteiger partial charge in [0.15, 0.2) is 11.5 Å². The summed E-state index contributed by atoms with van der Waals surface area (Å²) in [5.74, 6) is 0.200. The molecule has 0 spiro atoms. The van der Waals surface area contributed by atoms with Gasteiger partial charge in [-0.2, -0.15) is 0 Å². The Bertz CT molecular complexity index is 366. The first kappa shape index (κ1) is 9.18. The van der Waals surface area contributed by atoms with E-state index in [2.05, 4.69) is 14.5 Å². The van der Waals surface area contributed by atoms with Gasteiger partial charge in [-0.15, -0.1) is 8.78 Å². The van der Waals surface area contributed by atoms with E-state index in [1.807, 2.05) is 13.8 Å². The van der Waals surface area contributed by atoms with E-state index < -0.39 is 6.29 Å². The molecule has 0 N–H and O–H groups in total. The zero-order valence-electron chi connectivity index (χ0n) is 7.75. The lowest BCUT2D eigenvalue weighted by Crippen LogP contribution is -2.25. The van der Waals surface area contributed by atoms with Crippen LogP contribution in [0.1, 0.15) is 25.5 Å². The highest BCUT2D eigenvalue weighted by Gasteiger charge is 2.43. The summed E-state index contributed by atoms with van der Waals surface area (Å²) in [7, 11) is 0. The molecule has 0 saturated carbocycles. The fourth-order valence-electron chi connectivity index (χ4n) is 1.19. The van der Waals surface area contributed by atoms with Crippen LogP contribution in [0.2, 0.25) is 0 Å². The van der Waals surface area contributed by atoms with Crippen LogP contribution in [0.4, 0.5) is 8.78 Å². The number of nitrogens with zero attached hydrogens (tertiary/aromatic N) is 1. The number of halogens is 2. The molecule has 0 unspecified atom stereocenters. The van der Waals surface area contributed by atoms with Crippen LogP contribution in [0.3, 0.4) is 0 Å². The molecule has 5 heteroatoms. The largest absolute Gasteiger partial charge is 0.586 e. The third-order valence-electron chi connectivity index (χ3n) is 1.90. The van der Waals surface area contributed by atoms with Crippen molar-refractivity contribution in [3.8, 4) is 11.5 Å². The third-order valence-corrected chi connectivity index (χ3v) is 1.90. The van der Waals surface area contributed by atoms with E-state index in [9.17, 15) is 8.78 Å². The lowest BCUT2D eigenvalue weighted by molar-refractivity contribution is -0.286. The van der Waals surface area contributed by atoms with Crippen molar-refractivity contribution in [3.63, 3.8) is 0 Å². The van der Waals surface area contributed by atoms with Crippen LogP contribution in [0, 0.1) is 0 Å². The number of hydrogen-bond acceptors (Lipinski definition) is 3. The van der Waals surface area contributed by atoms with Crippen LogP contribution in [-0.2, 0) is 0 Å². The lowest BCUT2D eigenvalue weighted by Gasteiger charge is -2.04. The summed E-state index contributed by atoms with van der Waals surface area (Å²) in [5, 5.41) is 0. The van der Waals surface area contributed by atoms with Crippen molar-refractivity contribution in [1.82, 2.24) is 4.98 Å². The molecule has 0 atom stereocenters. The van der Waals surface area contributed by atoms with Gasteiger partial charge in [-0.05, 0) is 5.92 Å². The highest BCUT2D eigenvalue weighted by molar-refractivity contribution is 5.42. The van der Waals surface area contributed by atoms with Crippen LogP contribution < -0.4 is 9.47 Å². The molecule has 1 aromatic heterocycles. The Balaban J connectivity index is 2.36. The van der Waals surface area contributed by atoms with Gasteiger partial charge in [0.05, 0.1) is 6.20 Å². The van der Waals surface area contributed by atoms with Gasteiger partial charge in [0.25, 0.3) is 0 Å². The summed E-state index contributed by atoms with van der Waals surface area (Å²) in [6.45, 7) is 3.84. The van der Waals surface area contributed by atoms with Crippen LogP contribution in [0.5, 0.6) is 11.5 Å². The molecule has 76 valence electrons. The molecule has 0 amide bonds. The van der Waals surface area contributed by atoms with E-state index >= 15 is 0 Å². The molecule has 3 nitrogen and oxygen atoms in total. The molecule has 0 radical (unpaired) electrons. The van der Waals surface area contributed by atoms with Gasteiger partial charge in [-0.1, -0.05) is 13.8 Å². The Morgan fingerprint density at radius 3 is 2.57 bits per heavy atom. The summed E-state index contributed by atoms with van der Waals surface area (Å²) < 4.78 is 33.7. The Morgan fingerprint density at radius 2 is 1.93 bits per heavy atom. The number of fused-ring (bicyclic) bond motifs is 1. The maximum Gasteiger partial charge on any atom is 0.586 e. The second-order valence-electron chi connectivity index (χ2n) is 3.38. The van der Waals surface area contributed by atoms with Gasteiger partial charge in [-0.25, -0.2) is 0 Å². The first-order valence-corrected chi connectivity index (χ1v) is 4.24. The maximum atomic E-state index is 12.6.